The Morgan fingerprint density at radius 2 is 1.72 bits per heavy atom. The molecular formula is C25H22F2N2O3. The van der Waals surface area contributed by atoms with E-state index in [1.54, 1.807) is 47.4 Å². The monoisotopic (exact) mass is 436 g/mol. The molecule has 0 aromatic heterocycles. The van der Waals surface area contributed by atoms with E-state index in [2.05, 4.69) is 10.1 Å². The molecule has 4 rings (SSSR count). The fourth-order valence-electron chi connectivity index (χ4n) is 3.62. The zero-order valence-electron chi connectivity index (χ0n) is 17.2. The molecule has 2 N–H and O–H groups in total. The lowest BCUT2D eigenvalue weighted by atomic mass is 9.99. The number of carbonyl (C=O) groups is 1. The van der Waals surface area contributed by atoms with Crippen molar-refractivity contribution in [2.45, 2.75) is 13.0 Å². The molecule has 0 saturated carbocycles. The van der Waals surface area contributed by atoms with Gasteiger partial charge in [0.1, 0.15) is 11.5 Å². The average molecular weight is 436 g/mol. The Morgan fingerprint density at radius 1 is 1.00 bits per heavy atom. The molecule has 0 spiro atoms. The molecule has 0 atom stereocenters. The molecule has 3 aromatic rings. The fraction of sp³-hybridized carbons (Fsp3) is 0.160. The molecule has 3 aromatic carbocycles. The van der Waals surface area contributed by atoms with Gasteiger partial charge >= 0.3 is 6.61 Å². The van der Waals surface area contributed by atoms with Crippen LogP contribution in [0.3, 0.4) is 0 Å². The standard InChI is InChI=1S/C25H22F2N2O3/c26-25(27)32-21-11-7-19(8-12-21)28-23-4-2-1-3-22(23)24(31)29-15-13-18(14-16-29)17-5-9-20(30)10-6-17/h1-13,25,28,30H,14-16H2. The third kappa shape index (κ3) is 5.06. The van der Waals surface area contributed by atoms with Crippen LogP contribution in [-0.4, -0.2) is 35.6 Å². The maximum Gasteiger partial charge on any atom is 0.387 e. The summed E-state index contributed by atoms with van der Waals surface area (Å²) in [6.45, 7) is -1.80. The summed E-state index contributed by atoms with van der Waals surface area (Å²) in [5.74, 6) is 0.202. The number of aromatic hydroxyl groups is 1. The van der Waals surface area contributed by atoms with Gasteiger partial charge in [-0.2, -0.15) is 8.78 Å². The van der Waals surface area contributed by atoms with Crippen molar-refractivity contribution in [1.29, 1.82) is 0 Å². The number of amides is 1. The minimum absolute atomic E-state index is 0.0689. The number of alkyl halides is 2. The highest BCUT2D eigenvalue weighted by Gasteiger charge is 2.21. The summed E-state index contributed by atoms with van der Waals surface area (Å²) in [7, 11) is 0. The third-order valence-corrected chi connectivity index (χ3v) is 5.25. The van der Waals surface area contributed by atoms with Crippen molar-refractivity contribution < 1.29 is 23.4 Å². The van der Waals surface area contributed by atoms with Gasteiger partial charge in [0, 0.05) is 18.8 Å². The predicted molar refractivity (Wildman–Crippen MR) is 119 cm³/mol. The molecule has 0 unspecified atom stereocenters. The highest BCUT2D eigenvalue weighted by Crippen LogP contribution is 2.28. The largest absolute Gasteiger partial charge is 0.508 e. The lowest BCUT2D eigenvalue weighted by molar-refractivity contribution is -0.0498. The number of ether oxygens (including phenoxy) is 1. The number of nitrogens with one attached hydrogen (secondary N) is 1. The number of carbonyl (C=O) groups excluding carboxylic acids is 1. The number of halogens is 2. The van der Waals surface area contributed by atoms with E-state index in [1.165, 1.54) is 12.1 Å². The van der Waals surface area contributed by atoms with Crippen LogP contribution in [0.2, 0.25) is 0 Å². The van der Waals surface area contributed by atoms with Gasteiger partial charge < -0.3 is 20.1 Å². The summed E-state index contributed by atoms with van der Waals surface area (Å²) in [6.07, 6.45) is 2.75. The smallest absolute Gasteiger partial charge is 0.387 e. The molecule has 32 heavy (non-hydrogen) atoms. The summed E-state index contributed by atoms with van der Waals surface area (Å²) >= 11 is 0. The maximum atomic E-state index is 13.2. The van der Waals surface area contributed by atoms with Gasteiger partial charge in [0.15, 0.2) is 0 Å². The van der Waals surface area contributed by atoms with Gasteiger partial charge in [-0.25, -0.2) is 0 Å². The van der Waals surface area contributed by atoms with Crippen molar-refractivity contribution in [2.75, 3.05) is 18.4 Å². The van der Waals surface area contributed by atoms with Gasteiger partial charge in [0.05, 0.1) is 11.3 Å². The van der Waals surface area contributed by atoms with Gasteiger partial charge in [0.25, 0.3) is 5.91 Å². The van der Waals surface area contributed by atoms with E-state index in [0.717, 1.165) is 17.6 Å². The van der Waals surface area contributed by atoms with Crippen molar-refractivity contribution in [3.05, 3.63) is 90.0 Å². The molecule has 1 amide bonds. The van der Waals surface area contributed by atoms with Crippen molar-refractivity contribution in [1.82, 2.24) is 4.90 Å². The Bertz CT molecular complexity index is 1110. The Kier molecular flexibility index (Phi) is 6.35. The van der Waals surface area contributed by atoms with E-state index in [1.807, 2.05) is 24.3 Å². The van der Waals surface area contributed by atoms with Crippen LogP contribution >= 0.6 is 0 Å². The molecule has 5 nitrogen and oxygen atoms in total. The van der Waals surface area contributed by atoms with Crippen LogP contribution in [-0.2, 0) is 0 Å². The van der Waals surface area contributed by atoms with Gasteiger partial charge in [-0.1, -0.05) is 30.3 Å². The molecule has 0 bridgehead atoms. The summed E-state index contributed by atoms with van der Waals surface area (Å²) < 4.78 is 29.0. The maximum absolute atomic E-state index is 13.2. The van der Waals surface area contributed by atoms with Crippen LogP contribution in [0.1, 0.15) is 22.3 Å². The second kappa shape index (κ2) is 9.51. The van der Waals surface area contributed by atoms with E-state index in [4.69, 9.17) is 0 Å². The highest BCUT2D eigenvalue weighted by molar-refractivity contribution is 6.00. The summed E-state index contributed by atoms with van der Waals surface area (Å²) in [5, 5.41) is 12.6. The molecule has 0 fully saturated rings. The van der Waals surface area contributed by atoms with Crippen LogP contribution in [0.5, 0.6) is 11.5 Å². The van der Waals surface area contributed by atoms with Crippen molar-refractivity contribution in [3.63, 3.8) is 0 Å². The number of hydrogen-bond donors (Lipinski definition) is 2. The van der Waals surface area contributed by atoms with E-state index < -0.39 is 6.61 Å². The molecule has 0 radical (unpaired) electrons. The van der Waals surface area contributed by atoms with Crippen LogP contribution in [0.15, 0.2) is 78.9 Å². The normalized spacial score (nSPS) is 13.6. The first-order chi connectivity index (χ1) is 15.5. The fourth-order valence-corrected chi connectivity index (χ4v) is 3.62. The number of hydrogen-bond acceptors (Lipinski definition) is 4. The molecule has 1 aliphatic rings. The van der Waals surface area contributed by atoms with Gasteiger partial charge in [-0.05, 0) is 66.1 Å². The van der Waals surface area contributed by atoms with Crippen molar-refractivity contribution in [3.8, 4) is 11.5 Å². The van der Waals surface area contributed by atoms with E-state index in [9.17, 15) is 18.7 Å². The topological polar surface area (TPSA) is 61.8 Å². The SMILES string of the molecule is O=C(c1ccccc1Nc1ccc(OC(F)F)cc1)N1CC=C(c2ccc(O)cc2)CC1. The zero-order chi connectivity index (χ0) is 22.5. The van der Waals surface area contributed by atoms with Crippen LogP contribution in [0.25, 0.3) is 5.57 Å². The minimum atomic E-state index is -2.87. The minimum Gasteiger partial charge on any atom is -0.508 e. The molecule has 1 heterocycles. The van der Waals surface area contributed by atoms with Crippen LogP contribution < -0.4 is 10.1 Å². The molecule has 0 saturated heterocycles. The Morgan fingerprint density at radius 3 is 2.38 bits per heavy atom. The van der Waals surface area contributed by atoms with Crippen LogP contribution in [0, 0.1) is 0 Å². The molecule has 1 aliphatic heterocycles. The number of benzene rings is 3. The van der Waals surface area contributed by atoms with Crippen molar-refractivity contribution >= 4 is 22.9 Å². The first-order valence-electron chi connectivity index (χ1n) is 10.2. The lowest BCUT2D eigenvalue weighted by Crippen LogP contribution is -2.35. The first kappa shape index (κ1) is 21.4. The van der Waals surface area contributed by atoms with Crippen molar-refractivity contribution in [2.24, 2.45) is 0 Å². The van der Waals surface area contributed by atoms with Gasteiger partial charge in [0.2, 0.25) is 0 Å². The highest BCUT2D eigenvalue weighted by atomic mass is 19.3. The summed E-state index contributed by atoms with van der Waals surface area (Å²) in [4.78, 5) is 15.0. The number of rotatable bonds is 6. The van der Waals surface area contributed by atoms with E-state index >= 15 is 0 Å². The number of nitrogens with zero attached hydrogens (tertiary/aromatic N) is 1. The van der Waals surface area contributed by atoms with Crippen LogP contribution in [0.4, 0.5) is 20.2 Å². The number of phenolic OH excluding ortho intramolecular Hbond substituents is 1. The Balaban J connectivity index is 1.46. The zero-order valence-corrected chi connectivity index (χ0v) is 17.2. The number of phenols is 1. The quantitative estimate of drug-likeness (QED) is 0.523. The van der Waals surface area contributed by atoms with Gasteiger partial charge in [-0.15, -0.1) is 0 Å². The number of anilines is 2. The number of para-hydroxylation sites is 1. The van der Waals surface area contributed by atoms with E-state index in [-0.39, 0.29) is 17.4 Å². The predicted octanol–water partition coefficient (Wildman–Crippen LogP) is 5.67. The Labute approximate surface area is 184 Å². The second-order valence-corrected chi connectivity index (χ2v) is 7.35. The van der Waals surface area contributed by atoms with Gasteiger partial charge in [-0.3, -0.25) is 4.79 Å². The first-order valence-corrected chi connectivity index (χ1v) is 10.2. The molecule has 7 heteroatoms. The van der Waals surface area contributed by atoms with E-state index in [0.29, 0.717) is 30.0 Å². The molecule has 164 valence electrons. The summed E-state index contributed by atoms with van der Waals surface area (Å²) in [5.41, 5.74) is 4.00. The lowest BCUT2D eigenvalue weighted by Gasteiger charge is -2.27. The Hall–Kier alpha value is -3.87. The molecular weight excluding hydrogens is 414 g/mol. The molecule has 0 aliphatic carbocycles. The second-order valence-electron chi connectivity index (χ2n) is 7.35. The summed E-state index contributed by atoms with van der Waals surface area (Å²) in [6, 6.07) is 20.4. The average Bonchev–Trinajstić information content (AvgIpc) is 2.81. The third-order valence-electron chi connectivity index (χ3n) is 5.25.